The molecule has 1 fully saturated rings. The molecule has 11 heteroatoms. The molecule has 11 nitrogen and oxygen atoms in total. The van der Waals surface area contributed by atoms with E-state index >= 15 is 0 Å². The van der Waals surface area contributed by atoms with Crippen LogP contribution in [0, 0.1) is 0 Å². The van der Waals surface area contributed by atoms with Crippen molar-refractivity contribution < 1.29 is 49.3 Å². The van der Waals surface area contributed by atoms with Gasteiger partial charge in [-0.05, 0) is 25.7 Å². The largest absolute Gasteiger partial charge is 0.454 e. The third kappa shape index (κ3) is 31.4. The van der Waals surface area contributed by atoms with E-state index < -0.39 is 67.4 Å². The number of unbranched alkanes of at least 4 members (excludes halogenated alkanes) is 31. The fraction of sp³-hybridized carbons (Fsp3) is 0.925. The van der Waals surface area contributed by atoms with Crippen molar-refractivity contribution in [3.05, 3.63) is 12.2 Å². The zero-order valence-electron chi connectivity index (χ0n) is 41.4. The molecule has 0 aromatic carbocycles. The predicted molar refractivity (Wildman–Crippen MR) is 260 cm³/mol. The number of esters is 1. The number of hydrogen-bond donors (Lipinski definition) is 6. The lowest BCUT2D eigenvalue weighted by Crippen LogP contribution is -2.61. The second-order valence-electron chi connectivity index (χ2n) is 19.0. The van der Waals surface area contributed by atoms with Crippen LogP contribution >= 0.6 is 0 Å². The van der Waals surface area contributed by atoms with E-state index in [0.717, 1.165) is 57.8 Å². The summed E-state index contributed by atoms with van der Waals surface area (Å²) in [7, 11) is 0. The lowest BCUT2D eigenvalue weighted by molar-refractivity contribution is -0.305. The molecule has 6 N–H and O–H groups in total. The summed E-state index contributed by atoms with van der Waals surface area (Å²) >= 11 is 0. The lowest BCUT2D eigenvalue weighted by Gasteiger charge is -2.41. The molecular weight excluding hydrogens is 811 g/mol. The number of allylic oxidation sites excluding steroid dienone is 1. The molecule has 1 amide bonds. The zero-order chi connectivity index (χ0) is 46.9. The van der Waals surface area contributed by atoms with Gasteiger partial charge in [-0.15, -0.1) is 0 Å². The fourth-order valence-electron chi connectivity index (χ4n) is 8.59. The molecule has 378 valence electrons. The van der Waals surface area contributed by atoms with Gasteiger partial charge in [0.2, 0.25) is 5.91 Å². The third-order valence-electron chi connectivity index (χ3n) is 12.9. The molecule has 0 aromatic rings. The number of aliphatic hydroxyl groups is 5. The highest BCUT2D eigenvalue weighted by Gasteiger charge is 2.47. The molecular formula is C53H101NO10. The second-order valence-corrected chi connectivity index (χ2v) is 19.0. The van der Waals surface area contributed by atoms with Crippen LogP contribution in [-0.2, 0) is 23.8 Å². The SMILES string of the molecule is CCCCCCCCCCCC/C=C/C(O)C(COC1OC(CO)C(O)C(O)C1OC(=O)CCCCCCCCCCCCC)NC(=O)C(O)CCCCCCCCCCCCCC. The van der Waals surface area contributed by atoms with Crippen LogP contribution in [0.5, 0.6) is 0 Å². The Labute approximate surface area is 391 Å². The highest BCUT2D eigenvalue weighted by Crippen LogP contribution is 2.26. The number of amides is 1. The predicted octanol–water partition coefficient (Wildman–Crippen LogP) is 11.2. The Morgan fingerprint density at radius 2 is 1.02 bits per heavy atom. The molecule has 0 aliphatic carbocycles. The van der Waals surface area contributed by atoms with Gasteiger partial charge in [0.15, 0.2) is 12.4 Å². The standard InChI is InChI=1S/C53H101NO10/c1-4-7-10-13-16-19-22-25-27-30-33-36-39-45(56)44(54-52(61)46(57)40-37-34-31-28-26-23-20-17-14-11-8-5-2)43-62-53-51(50(60)49(59)47(42-55)63-53)64-48(58)41-38-35-32-29-24-21-18-15-12-9-6-3/h36,39,44-47,49-51,53,55-57,59-60H,4-35,37-38,40-43H2,1-3H3,(H,54,61)/b39-36+. The van der Waals surface area contributed by atoms with Gasteiger partial charge >= 0.3 is 5.97 Å². The average Bonchev–Trinajstić information content (AvgIpc) is 3.29. The molecule has 1 aliphatic heterocycles. The van der Waals surface area contributed by atoms with Gasteiger partial charge in [-0.25, -0.2) is 0 Å². The van der Waals surface area contributed by atoms with E-state index in [2.05, 4.69) is 26.1 Å². The Hall–Kier alpha value is -1.60. The quantitative estimate of drug-likeness (QED) is 0.0196. The molecule has 1 heterocycles. The van der Waals surface area contributed by atoms with Crippen LogP contribution in [0.15, 0.2) is 12.2 Å². The Morgan fingerprint density at radius 3 is 1.47 bits per heavy atom. The van der Waals surface area contributed by atoms with Crippen LogP contribution in [0.2, 0.25) is 0 Å². The normalized spacial score (nSPS) is 20.4. The monoisotopic (exact) mass is 912 g/mol. The van der Waals surface area contributed by atoms with E-state index in [1.807, 2.05) is 6.08 Å². The van der Waals surface area contributed by atoms with Crippen LogP contribution < -0.4 is 5.32 Å². The minimum absolute atomic E-state index is 0.130. The maximum Gasteiger partial charge on any atom is 0.306 e. The van der Waals surface area contributed by atoms with Crippen LogP contribution in [0.3, 0.4) is 0 Å². The van der Waals surface area contributed by atoms with Gasteiger partial charge in [-0.2, -0.15) is 0 Å². The summed E-state index contributed by atoms with van der Waals surface area (Å²) in [6, 6.07) is -1.01. The van der Waals surface area contributed by atoms with Crippen molar-refractivity contribution in [2.75, 3.05) is 13.2 Å². The number of carbonyl (C=O) groups is 2. The molecule has 1 saturated heterocycles. The maximum absolute atomic E-state index is 13.3. The van der Waals surface area contributed by atoms with Gasteiger partial charge in [-0.1, -0.05) is 232 Å². The Kier molecular flexibility index (Phi) is 40.3. The summed E-state index contributed by atoms with van der Waals surface area (Å²) in [5.41, 5.74) is 0. The molecule has 8 atom stereocenters. The molecule has 0 saturated carbocycles. The van der Waals surface area contributed by atoms with Crippen LogP contribution in [0.4, 0.5) is 0 Å². The van der Waals surface area contributed by atoms with Crippen molar-refractivity contribution in [1.29, 1.82) is 0 Å². The summed E-state index contributed by atoms with van der Waals surface area (Å²) in [5.74, 6) is -1.19. The highest BCUT2D eigenvalue weighted by atomic mass is 16.7. The van der Waals surface area contributed by atoms with Gasteiger partial charge in [0.05, 0.1) is 25.4 Å². The van der Waals surface area contributed by atoms with E-state index in [-0.39, 0.29) is 13.0 Å². The van der Waals surface area contributed by atoms with Crippen molar-refractivity contribution in [3.63, 3.8) is 0 Å². The first-order chi connectivity index (χ1) is 31.2. The molecule has 64 heavy (non-hydrogen) atoms. The zero-order valence-corrected chi connectivity index (χ0v) is 41.4. The van der Waals surface area contributed by atoms with Gasteiger partial charge in [0.1, 0.15) is 24.4 Å². The number of hydrogen-bond acceptors (Lipinski definition) is 10. The average molecular weight is 912 g/mol. The number of carbonyl (C=O) groups excluding carboxylic acids is 2. The first kappa shape index (κ1) is 60.4. The maximum atomic E-state index is 13.3. The topological polar surface area (TPSA) is 175 Å². The minimum atomic E-state index is -1.60. The smallest absolute Gasteiger partial charge is 0.306 e. The minimum Gasteiger partial charge on any atom is -0.454 e. The second kappa shape index (κ2) is 42.7. The van der Waals surface area contributed by atoms with Crippen LogP contribution in [0.1, 0.15) is 252 Å². The highest BCUT2D eigenvalue weighted by molar-refractivity contribution is 5.80. The molecule has 8 unspecified atom stereocenters. The Balaban J connectivity index is 2.77. The van der Waals surface area contributed by atoms with Gasteiger partial charge in [0, 0.05) is 6.42 Å². The first-order valence-corrected chi connectivity index (χ1v) is 27.0. The van der Waals surface area contributed by atoms with Gasteiger partial charge in [-0.3, -0.25) is 9.59 Å². The Morgan fingerprint density at radius 1 is 0.594 bits per heavy atom. The summed E-state index contributed by atoms with van der Waals surface area (Å²) in [4.78, 5) is 26.3. The molecule has 1 rings (SSSR count). The van der Waals surface area contributed by atoms with E-state index in [1.165, 1.54) is 148 Å². The summed E-state index contributed by atoms with van der Waals surface area (Å²) < 4.78 is 17.5. The summed E-state index contributed by atoms with van der Waals surface area (Å²) in [5, 5.41) is 56.6. The van der Waals surface area contributed by atoms with E-state index in [1.54, 1.807) is 6.08 Å². The van der Waals surface area contributed by atoms with E-state index in [9.17, 15) is 35.1 Å². The number of aliphatic hydroxyl groups excluding tert-OH is 5. The summed E-state index contributed by atoms with van der Waals surface area (Å²) in [6.07, 6.45) is 34.1. The van der Waals surface area contributed by atoms with Crippen molar-refractivity contribution in [2.24, 2.45) is 0 Å². The Bertz CT molecular complexity index is 1090. The van der Waals surface area contributed by atoms with Crippen molar-refractivity contribution in [1.82, 2.24) is 5.32 Å². The van der Waals surface area contributed by atoms with Crippen molar-refractivity contribution >= 4 is 11.9 Å². The fourth-order valence-corrected chi connectivity index (χ4v) is 8.59. The lowest BCUT2D eigenvalue weighted by atomic mass is 9.99. The number of nitrogens with one attached hydrogen (secondary N) is 1. The molecule has 0 radical (unpaired) electrons. The van der Waals surface area contributed by atoms with Gasteiger partial charge in [0.25, 0.3) is 0 Å². The first-order valence-electron chi connectivity index (χ1n) is 27.0. The summed E-state index contributed by atoms with van der Waals surface area (Å²) in [6.45, 7) is 5.76. The van der Waals surface area contributed by atoms with Crippen LogP contribution in [-0.4, -0.2) is 99.6 Å². The van der Waals surface area contributed by atoms with Crippen molar-refractivity contribution in [3.8, 4) is 0 Å². The van der Waals surface area contributed by atoms with E-state index in [0.29, 0.717) is 19.3 Å². The third-order valence-corrected chi connectivity index (χ3v) is 12.9. The molecule has 1 aliphatic rings. The molecule has 0 aromatic heterocycles. The van der Waals surface area contributed by atoms with Gasteiger partial charge < -0.3 is 45.1 Å². The number of rotatable bonds is 45. The molecule has 0 bridgehead atoms. The van der Waals surface area contributed by atoms with Crippen molar-refractivity contribution in [2.45, 2.75) is 301 Å². The van der Waals surface area contributed by atoms with E-state index in [4.69, 9.17) is 14.2 Å². The number of ether oxygens (including phenoxy) is 3. The molecule has 0 spiro atoms. The van der Waals surface area contributed by atoms with Crippen LogP contribution in [0.25, 0.3) is 0 Å².